The number of aliphatic carboxylic acids is 1. The van der Waals surface area contributed by atoms with Crippen LogP contribution in [0.4, 0.5) is 5.82 Å². The lowest BCUT2D eigenvalue weighted by Crippen LogP contribution is -2.33. The van der Waals surface area contributed by atoms with Gasteiger partial charge in [0.05, 0.1) is 11.4 Å². The Balaban J connectivity index is 1.90. The van der Waals surface area contributed by atoms with Gasteiger partial charge in [-0.15, -0.1) is 0 Å². The number of aromatic nitrogens is 2. The van der Waals surface area contributed by atoms with Crippen molar-refractivity contribution in [2.45, 2.75) is 32.7 Å². The van der Waals surface area contributed by atoms with Gasteiger partial charge in [-0.1, -0.05) is 72.3 Å². The fourth-order valence-electron chi connectivity index (χ4n) is 3.44. The van der Waals surface area contributed by atoms with Gasteiger partial charge >= 0.3 is 5.97 Å². The van der Waals surface area contributed by atoms with Crippen LogP contribution in [0.1, 0.15) is 26.7 Å². The predicted octanol–water partition coefficient (Wildman–Crippen LogP) is 5.56. The minimum Gasteiger partial charge on any atom is -0.480 e. The van der Waals surface area contributed by atoms with Crippen molar-refractivity contribution in [3.8, 4) is 22.5 Å². The molecule has 32 heavy (non-hydrogen) atoms. The Bertz CT molecular complexity index is 1010. The summed E-state index contributed by atoms with van der Waals surface area (Å²) in [6.45, 7) is 5.02. The zero-order valence-electron chi connectivity index (χ0n) is 18.4. The highest BCUT2D eigenvalue weighted by molar-refractivity contribution is 6.32. The average molecular weight is 454 g/mol. The molecule has 7 heteroatoms. The molecule has 2 aromatic carbocycles. The van der Waals surface area contributed by atoms with Gasteiger partial charge in [-0.2, -0.15) is 0 Å². The fourth-order valence-corrected chi connectivity index (χ4v) is 3.67. The van der Waals surface area contributed by atoms with E-state index in [0.29, 0.717) is 24.1 Å². The molecule has 3 aromatic rings. The highest BCUT2D eigenvalue weighted by Crippen LogP contribution is 2.34. The van der Waals surface area contributed by atoms with E-state index >= 15 is 0 Å². The molecule has 0 aliphatic rings. The summed E-state index contributed by atoms with van der Waals surface area (Å²) < 4.78 is 5.14. The standard InChI is InChI=1S/C25H28ClN3O3/c1-18(2)29(15-9-10-16-32-17-21(30)31)25-24(26)27-22(19-11-5-3-6-12-19)23(28-25)20-13-7-4-8-14-20/h3-8,11-14,18H,9-10,15-17H2,1-2H3,(H,30,31). The van der Waals surface area contributed by atoms with E-state index in [1.807, 2.05) is 60.7 Å². The number of carboxylic acids is 1. The maximum absolute atomic E-state index is 10.6. The van der Waals surface area contributed by atoms with Crippen LogP contribution in [0.15, 0.2) is 60.7 Å². The van der Waals surface area contributed by atoms with Crippen molar-refractivity contribution in [1.82, 2.24) is 9.97 Å². The summed E-state index contributed by atoms with van der Waals surface area (Å²) >= 11 is 6.67. The van der Waals surface area contributed by atoms with Crippen molar-refractivity contribution in [2.24, 2.45) is 0 Å². The number of hydrogen-bond acceptors (Lipinski definition) is 5. The van der Waals surface area contributed by atoms with Crippen LogP contribution in [0.5, 0.6) is 0 Å². The normalized spacial score (nSPS) is 11.0. The van der Waals surface area contributed by atoms with Crippen LogP contribution in [0.25, 0.3) is 22.5 Å². The van der Waals surface area contributed by atoms with Crippen molar-refractivity contribution in [3.63, 3.8) is 0 Å². The molecule has 3 rings (SSSR count). The quantitative estimate of drug-likeness (QED) is 0.383. The number of unbranched alkanes of at least 4 members (excludes halogenated alkanes) is 1. The van der Waals surface area contributed by atoms with Gasteiger partial charge in [0.1, 0.15) is 6.61 Å². The molecule has 0 fully saturated rings. The summed E-state index contributed by atoms with van der Waals surface area (Å²) in [5, 5.41) is 9.03. The Morgan fingerprint density at radius 1 is 0.969 bits per heavy atom. The van der Waals surface area contributed by atoms with Gasteiger partial charge in [0, 0.05) is 30.3 Å². The predicted molar refractivity (Wildman–Crippen MR) is 128 cm³/mol. The van der Waals surface area contributed by atoms with Crippen molar-refractivity contribution in [3.05, 3.63) is 65.8 Å². The lowest BCUT2D eigenvalue weighted by molar-refractivity contribution is -0.142. The first-order valence-electron chi connectivity index (χ1n) is 10.7. The van der Waals surface area contributed by atoms with E-state index in [0.717, 1.165) is 35.4 Å². The van der Waals surface area contributed by atoms with Gasteiger partial charge in [0.25, 0.3) is 0 Å². The fraction of sp³-hybridized carbons (Fsp3) is 0.320. The second-order valence-electron chi connectivity index (χ2n) is 7.71. The number of ether oxygens (including phenoxy) is 1. The van der Waals surface area contributed by atoms with Crippen LogP contribution in [0.3, 0.4) is 0 Å². The summed E-state index contributed by atoms with van der Waals surface area (Å²) in [4.78, 5) is 22.5. The van der Waals surface area contributed by atoms with E-state index in [-0.39, 0.29) is 12.6 Å². The van der Waals surface area contributed by atoms with Crippen LogP contribution < -0.4 is 4.90 Å². The number of halogens is 1. The van der Waals surface area contributed by atoms with Gasteiger partial charge in [-0.05, 0) is 26.7 Å². The Morgan fingerprint density at radius 3 is 2.06 bits per heavy atom. The lowest BCUT2D eigenvalue weighted by atomic mass is 10.0. The highest BCUT2D eigenvalue weighted by atomic mass is 35.5. The molecule has 1 heterocycles. The minimum atomic E-state index is -0.956. The monoisotopic (exact) mass is 453 g/mol. The summed E-state index contributed by atoms with van der Waals surface area (Å²) in [6.07, 6.45) is 1.56. The van der Waals surface area contributed by atoms with Gasteiger partial charge in [0.15, 0.2) is 11.0 Å². The number of carbonyl (C=O) groups is 1. The molecule has 0 unspecified atom stereocenters. The van der Waals surface area contributed by atoms with Crippen LogP contribution >= 0.6 is 11.6 Å². The number of hydrogen-bond donors (Lipinski definition) is 1. The SMILES string of the molecule is CC(C)N(CCCCOCC(=O)O)c1nc(-c2ccccc2)c(-c2ccccc2)nc1Cl. The van der Waals surface area contributed by atoms with E-state index in [9.17, 15) is 4.79 Å². The first-order chi connectivity index (χ1) is 15.5. The van der Waals surface area contributed by atoms with E-state index in [1.165, 1.54) is 0 Å². The Labute approximate surface area is 193 Å². The molecule has 0 saturated heterocycles. The molecule has 0 radical (unpaired) electrons. The zero-order chi connectivity index (χ0) is 22.9. The zero-order valence-corrected chi connectivity index (χ0v) is 19.1. The van der Waals surface area contributed by atoms with E-state index < -0.39 is 5.97 Å². The molecule has 0 amide bonds. The van der Waals surface area contributed by atoms with Crippen molar-refractivity contribution >= 4 is 23.4 Å². The summed E-state index contributed by atoms with van der Waals surface area (Å²) in [7, 11) is 0. The maximum atomic E-state index is 10.6. The minimum absolute atomic E-state index is 0.160. The molecule has 0 saturated carbocycles. The number of benzene rings is 2. The number of carboxylic acid groups (broad SMARTS) is 1. The van der Waals surface area contributed by atoms with Crippen LogP contribution in [0, 0.1) is 0 Å². The number of nitrogens with zero attached hydrogens (tertiary/aromatic N) is 3. The van der Waals surface area contributed by atoms with E-state index in [4.69, 9.17) is 31.4 Å². The molecule has 0 atom stereocenters. The molecule has 168 valence electrons. The summed E-state index contributed by atoms with van der Waals surface area (Å²) in [5.74, 6) is -0.311. The molecule has 1 aromatic heterocycles. The summed E-state index contributed by atoms with van der Waals surface area (Å²) in [5.41, 5.74) is 3.46. The molecule has 0 aliphatic carbocycles. The average Bonchev–Trinajstić information content (AvgIpc) is 2.79. The molecular weight excluding hydrogens is 426 g/mol. The first-order valence-corrected chi connectivity index (χ1v) is 11.1. The van der Waals surface area contributed by atoms with Gasteiger partial charge in [-0.25, -0.2) is 14.8 Å². The van der Waals surface area contributed by atoms with Crippen LogP contribution in [-0.4, -0.2) is 46.8 Å². The molecule has 0 aliphatic heterocycles. The summed E-state index contributed by atoms with van der Waals surface area (Å²) in [6, 6.07) is 20.1. The van der Waals surface area contributed by atoms with Crippen LogP contribution in [0.2, 0.25) is 5.15 Å². The third kappa shape index (κ3) is 6.28. The number of anilines is 1. The smallest absolute Gasteiger partial charge is 0.329 e. The topological polar surface area (TPSA) is 75.5 Å². The van der Waals surface area contributed by atoms with E-state index in [1.54, 1.807) is 0 Å². The van der Waals surface area contributed by atoms with Gasteiger partial charge < -0.3 is 14.7 Å². The van der Waals surface area contributed by atoms with Crippen LogP contribution in [-0.2, 0) is 9.53 Å². The third-order valence-electron chi connectivity index (χ3n) is 4.99. The molecule has 1 N–H and O–H groups in total. The molecule has 0 bridgehead atoms. The first kappa shape index (κ1) is 23.7. The van der Waals surface area contributed by atoms with E-state index in [2.05, 4.69) is 18.7 Å². The molecule has 6 nitrogen and oxygen atoms in total. The molecular formula is C25H28ClN3O3. The second-order valence-corrected chi connectivity index (χ2v) is 8.07. The largest absolute Gasteiger partial charge is 0.480 e. The molecule has 0 spiro atoms. The highest BCUT2D eigenvalue weighted by Gasteiger charge is 2.21. The van der Waals surface area contributed by atoms with Crippen molar-refractivity contribution in [2.75, 3.05) is 24.7 Å². The number of rotatable bonds is 11. The maximum Gasteiger partial charge on any atom is 0.329 e. The lowest BCUT2D eigenvalue weighted by Gasteiger charge is -2.29. The van der Waals surface area contributed by atoms with Gasteiger partial charge in [-0.3, -0.25) is 0 Å². The van der Waals surface area contributed by atoms with Crippen molar-refractivity contribution < 1.29 is 14.6 Å². The Morgan fingerprint density at radius 2 is 1.53 bits per heavy atom. The Kier molecular flexibility index (Phi) is 8.59. The van der Waals surface area contributed by atoms with Crippen molar-refractivity contribution in [1.29, 1.82) is 0 Å². The Hall–Kier alpha value is -2.96. The van der Waals surface area contributed by atoms with Gasteiger partial charge in [0.2, 0.25) is 0 Å². The third-order valence-corrected chi connectivity index (χ3v) is 5.24. The second kappa shape index (κ2) is 11.6.